The summed E-state index contributed by atoms with van der Waals surface area (Å²) in [6, 6.07) is 6.26. The zero-order chi connectivity index (χ0) is 14.1. The maximum absolute atomic E-state index is 13.9. The Hall–Kier alpha value is -2.54. The zero-order valence-corrected chi connectivity index (χ0v) is 10.7. The van der Waals surface area contributed by atoms with Gasteiger partial charge in [0.25, 0.3) is 5.78 Å². The Morgan fingerprint density at radius 2 is 2.20 bits per heavy atom. The number of benzene rings is 1. The first kappa shape index (κ1) is 12.5. The molecule has 0 unspecified atom stereocenters. The van der Waals surface area contributed by atoms with E-state index in [1.807, 2.05) is 0 Å². The minimum absolute atomic E-state index is 0.101. The number of halogens is 1. The van der Waals surface area contributed by atoms with Crippen LogP contribution in [-0.4, -0.2) is 19.6 Å². The van der Waals surface area contributed by atoms with Crippen molar-refractivity contribution in [1.82, 2.24) is 19.6 Å². The van der Waals surface area contributed by atoms with Gasteiger partial charge in [0.2, 0.25) is 5.88 Å². The van der Waals surface area contributed by atoms with Gasteiger partial charge in [0.15, 0.2) is 11.6 Å². The Balaban J connectivity index is 2.03. The first-order valence-corrected chi connectivity index (χ1v) is 6.01. The van der Waals surface area contributed by atoms with Crippen LogP contribution in [0, 0.1) is 12.7 Å². The Kier molecular flexibility index (Phi) is 3.03. The fourth-order valence-corrected chi connectivity index (χ4v) is 1.84. The molecule has 0 saturated heterocycles. The van der Waals surface area contributed by atoms with E-state index in [4.69, 9.17) is 10.5 Å². The van der Waals surface area contributed by atoms with Crippen molar-refractivity contribution in [1.29, 1.82) is 0 Å². The SMILES string of the molecule is Cc1cc(Oc2ccc(CN)cc2F)n2ncnc2n1. The number of rotatable bonds is 3. The summed E-state index contributed by atoms with van der Waals surface area (Å²) in [6.45, 7) is 2.08. The van der Waals surface area contributed by atoms with Gasteiger partial charge >= 0.3 is 0 Å². The largest absolute Gasteiger partial charge is 0.436 e. The van der Waals surface area contributed by atoms with Crippen LogP contribution in [0.15, 0.2) is 30.6 Å². The third-order valence-corrected chi connectivity index (χ3v) is 2.79. The van der Waals surface area contributed by atoms with Crippen molar-refractivity contribution < 1.29 is 9.13 Å². The molecule has 102 valence electrons. The number of aryl methyl sites for hydroxylation is 1. The van der Waals surface area contributed by atoms with Crippen LogP contribution in [0.3, 0.4) is 0 Å². The second kappa shape index (κ2) is 4.86. The summed E-state index contributed by atoms with van der Waals surface area (Å²) >= 11 is 0. The highest BCUT2D eigenvalue weighted by molar-refractivity contribution is 5.37. The van der Waals surface area contributed by atoms with E-state index >= 15 is 0 Å². The topological polar surface area (TPSA) is 78.3 Å². The van der Waals surface area contributed by atoms with E-state index < -0.39 is 5.82 Å². The highest BCUT2D eigenvalue weighted by Crippen LogP contribution is 2.25. The van der Waals surface area contributed by atoms with Gasteiger partial charge < -0.3 is 10.5 Å². The molecular formula is C13H12FN5O. The molecule has 1 aromatic carbocycles. The Morgan fingerprint density at radius 3 is 2.95 bits per heavy atom. The molecule has 2 aromatic heterocycles. The van der Waals surface area contributed by atoms with Gasteiger partial charge in [0.05, 0.1) is 0 Å². The van der Waals surface area contributed by atoms with Gasteiger partial charge in [-0.15, -0.1) is 0 Å². The summed E-state index contributed by atoms with van der Waals surface area (Å²) in [5.41, 5.74) is 6.87. The van der Waals surface area contributed by atoms with Crippen LogP contribution in [0.4, 0.5) is 4.39 Å². The molecule has 2 heterocycles. The van der Waals surface area contributed by atoms with E-state index in [1.54, 1.807) is 19.1 Å². The molecule has 0 radical (unpaired) electrons. The molecule has 0 atom stereocenters. The molecule has 20 heavy (non-hydrogen) atoms. The van der Waals surface area contributed by atoms with Crippen LogP contribution in [0.5, 0.6) is 11.6 Å². The summed E-state index contributed by atoms with van der Waals surface area (Å²) in [7, 11) is 0. The van der Waals surface area contributed by atoms with Crippen LogP contribution in [0.25, 0.3) is 5.78 Å². The van der Waals surface area contributed by atoms with E-state index in [0.717, 1.165) is 0 Å². The summed E-state index contributed by atoms with van der Waals surface area (Å²) in [5, 5.41) is 3.99. The average molecular weight is 273 g/mol. The molecule has 0 fully saturated rings. The lowest BCUT2D eigenvalue weighted by atomic mass is 10.2. The van der Waals surface area contributed by atoms with Gasteiger partial charge in [-0.05, 0) is 24.6 Å². The second-order valence-corrected chi connectivity index (χ2v) is 4.28. The molecule has 3 rings (SSSR count). The van der Waals surface area contributed by atoms with Crippen molar-refractivity contribution >= 4 is 5.78 Å². The van der Waals surface area contributed by atoms with E-state index in [2.05, 4.69) is 15.1 Å². The van der Waals surface area contributed by atoms with Crippen LogP contribution >= 0.6 is 0 Å². The van der Waals surface area contributed by atoms with E-state index in [9.17, 15) is 4.39 Å². The maximum atomic E-state index is 13.9. The van der Waals surface area contributed by atoms with Gasteiger partial charge in [0, 0.05) is 18.3 Å². The lowest BCUT2D eigenvalue weighted by Crippen LogP contribution is -2.01. The summed E-state index contributed by atoms with van der Waals surface area (Å²) in [4.78, 5) is 8.17. The summed E-state index contributed by atoms with van der Waals surface area (Å²) < 4.78 is 20.9. The second-order valence-electron chi connectivity index (χ2n) is 4.28. The summed E-state index contributed by atoms with van der Waals surface area (Å²) in [5.74, 6) is 0.378. The third kappa shape index (κ3) is 2.19. The van der Waals surface area contributed by atoms with Crippen molar-refractivity contribution in [2.45, 2.75) is 13.5 Å². The van der Waals surface area contributed by atoms with Crippen LogP contribution < -0.4 is 10.5 Å². The monoisotopic (exact) mass is 273 g/mol. The van der Waals surface area contributed by atoms with Crippen molar-refractivity contribution in [3.8, 4) is 11.6 Å². The summed E-state index contributed by atoms with van der Waals surface area (Å²) in [6.07, 6.45) is 1.36. The molecule has 3 aromatic rings. The zero-order valence-electron chi connectivity index (χ0n) is 10.7. The highest BCUT2D eigenvalue weighted by Gasteiger charge is 2.11. The first-order valence-electron chi connectivity index (χ1n) is 6.01. The highest BCUT2D eigenvalue weighted by atomic mass is 19.1. The lowest BCUT2D eigenvalue weighted by molar-refractivity contribution is 0.414. The average Bonchev–Trinajstić information content (AvgIpc) is 2.89. The number of hydrogen-bond donors (Lipinski definition) is 1. The molecule has 0 saturated carbocycles. The van der Waals surface area contributed by atoms with Crippen LogP contribution in [0.2, 0.25) is 0 Å². The number of nitrogens with zero attached hydrogens (tertiary/aromatic N) is 4. The van der Waals surface area contributed by atoms with Gasteiger partial charge in [-0.25, -0.2) is 9.37 Å². The fraction of sp³-hybridized carbons (Fsp3) is 0.154. The molecule has 6 nitrogen and oxygen atoms in total. The van der Waals surface area contributed by atoms with Gasteiger partial charge in [-0.3, -0.25) is 0 Å². The predicted octanol–water partition coefficient (Wildman–Crippen LogP) is 1.82. The fourth-order valence-electron chi connectivity index (χ4n) is 1.84. The molecular weight excluding hydrogens is 261 g/mol. The van der Waals surface area contributed by atoms with Crippen LogP contribution in [0.1, 0.15) is 11.3 Å². The molecule has 7 heteroatoms. The standard InChI is InChI=1S/C13H12FN5O/c1-8-4-12(19-13(18-8)16-7-17-19)20-11-3-2-9(6-15)5-10(11)14/h2-5,7H,6,15H2,1H3. The van der Waals surface area contributed by atoms with E-state index in [1.165, 1.54) is 23.0 Å². The minimum Gasteiger partial charge on any atom is -0.436 e. The van der Waals surface area contributed by atoms with Crippen molar-refractivity contribution in [2.24, 2.45) is 5.73 Å². The first-order chi connectivity index (χ1) is 9.67. The number of ether oxygens (including phenoxy) is 1. The molecule has 0 aliphatic carbocycles. The molecule has 2 N–H and O–H groups in total. The predicted molar refractivity (Wildman–Crippen MR) is 69.9 cm³/mol. The molecule has 0 aliphatic heterocycles. The third-order valence-electron chi connectivity index (χ3n) is 2.79. The van der Waals surface area contributed by atoms with Crippen molar-refractivity contribution in [3.05, 3.63) is 47.7 Å². The Bertz CT molecular complexity index is 771. The van der Waals surface area contributed by atoms with E-state index in [-0.39, 0.29) is 12.3 Å². The lowest BCUT2D eigenvalue weighted by Gasteiger charge is -2.09. The van der Waals surface area contributed by atoms with Gasteiger partial charge in [-0.2, -0.15) is 14.6 Å². The van der Waals surface area contributed by atoms with Crippen molar-refractivity contribution in [3.63, 3.8) is 0 Å². The molecule has 0 bridgehead atoms. The molecule has 0 amide bonds. The molecule has 0 spiro atoms. The quantitative estimate of drug-likeness (QED) is 0.787. The number of fused-ring (bicyclic) bond motifs is 1. The number of nitrogens with two attached hydrogens (primary N) is 1. The smallest absolute Gasteiger partial charge is 0.255 e. The van der Waals surface area contributed by atoms with E-state index in [0.29, 0.717) is 22.9 Å². The Morgan fingerprint density at radius 1 is 1.35 bits per heavy atom. The minimum atomic E-state index is -0.476. The normalized spacial score (nSPS) is 10.9. The van der Waals surface area contributed by atoms with Crippen LogP contribution in [-0.2, 0) is 6.54 Å². The molecule has 0 aliphatic rings. The van der Waals surface area contributed by atoms with Gasteiger partial charge in [-0.1, -0.05) is 6.07 Å². The number of aromatic nitrogens is 4. The van der Waals surface area contributed by atoms with Crippen molar-refractivity contribution in [2.75, 3.05) is 0 Å². The van der Waals surface area contributed by atoms with Gasteiger partial charge in [0.1, 0.15) is 6.33 Å². The maximum Gasteiger partial charge on any atom is 0.255 e. The number of hydrogen-bond acceptors (Lipinski definition) is 5. The Labute approximate surface area is 114 Å².